The number of amides is 3. The molecule has 0 N–H and O–H groups in total. The maximum Gasteiger partial charge on any atom is 0.245 e. The summed E-state index contributed by atoms with van der Waals surface area (Å²) in [5.74, 6) is 0.381. The fourth-order valence-electron chi connectivity index (χ4n) is 7.83. The van der Waals surface area contributed by atoms with Crippen molar-refractivity contribution >= 4 is 41.7 Å². The number of carbonyl (C=O) groups excluding carboxylic acids is 3. The highest BCUT2D eigenvalue weighted by atomic mass is 35.5. The summed E-state index contributed by atoms with van der Waals surface area (Å²) in [6.07, 6.45) is 4.66. The Bertz CT molecular complexity index is 1180. The molecular formula is C35H54Cl2N4O4. The van der Waals surface area contributed by atoms with Crippen LogP contribution in [0.3, 0.4) is 0 Å². The van der Waals surface area contributed by atoms with E-state index in [-0.39, 0.29) is 65.5 Å². The Morgan fingerprint density at radius 3 is 2.11 bits per heavy atom. The van der Waals surface area contributed by atoms with Gasteiger partial charge in [0.1, 0.15) is 6.04 Å². The van der Waals surface area contributed by atoms with Crippen molar-refractivity contribution < 1.29 is 19.1 Å². The molecular weight excluding hydrogens is 611 g/mol. The molecule has 8 nitrogen and oxygen atoms in total. The molecule has 3 amide bonds. The van der Waals surface area contributed by atoms with Gasteiger partial charge in [-0.15, -0.1) is 12.4 Å². The maximum absolute atomic E-state index is 14.8. The highest BCUT2D eigenvalue weighted by Crippen LogP contribution is 2.40. The number of benzene rings is 1. The first-order valence-corrected chi connectivity index (χ1v) is 17.2. The van der Waals surface area contributed by atoms with Gasteiger partial charge in [0.05, 0.1) is 25.2 Å². The Morgan fingerprint density at radius 1 is 0.911 bits per heavy atom. The molecule has 4 aliphatic rings. The first-order chi connectivity index (χ1) is 20.8. The summed E-state index contributed by atoms with van der Waals surface area (Å²) < 4.78 is 5.55. The second-order valence-electron chi connectivity index (χ2n) is 15.0. The van der Waals surface area contributed by atoms with Crippen LogP contribution in [0.4, 0.5) is 0 Å². The number of likely N-dealkylation sites (tertiary alicyclic amines) is 2. The van der Waals surface area contributed by atoms with Crippen LogP contribution in [-0.2, 0) is 19.1 Å². The van der Waals surface area contributed by atoms with Gasteiger partial charge < -0.3 is 19.4 Å². The van der Waals surface area contributed by atoms with Crippen molar-refractivity contribution in [3.05, 3.63) is 34.9 Å². The number of morpholine rings is 1. The van der Waals surface area contributed by atoms with Gasteiger partial charge in [-0.3, -0.25) is 19.3 Å². The van der Waals surface area contributed by atoms with Crippen LogP contribution in [0.5, 0.6) is 0 Å². The third-order valence-electron chi connectivity index (χ3n) is 10.6. The van der Waals surface area contributed by atoms with Gasteiger partial charge in [-0.05, 0) is 76.5 Å². The van der Waals surface area contributed by atoms with Crippen molar-refractivity contribution in [1.82, 2.24) is 19.6 Å². The molecule has 3 heterocycles. The normalized spacial score (nSPS) is 29.5. The quantitative estimate of drug-likeness (QED) is 0.404. The summed E-state index contributed by atoms with van der Waals surface area (Å²) in [7, 11) is 0. The molecule has 3 aliphatic heterocycles. The fourth-order valence-corrected chi connectivity index (χ4v) is 7.95. The molecule has 0 aromatic heterocycles. The Hall–Kier alpha value is -1.87. The second-order valence-corrected chi connectivity index (χ2v) is 15.4. The summed E-state index contributed by atoms with van der Waals surface area (Å²) >= 11 is 6.25. The van der Waals surface area contributed by atoms with Crippen molar-refractivity contribution in [2.24, 2.45) is 17.8 Å². The van der Waals surface area contributed by atoms with E-state index in [1.54, 1.807) is 0 Å². The largest absolute Gasteiger partial charge is 0.378 e. The Balaban J connectivity index is 0.00000461. The molecule has 4 fully saturated rings. The van der Waals surface area contributed by atoms with Crippen LogP contribution in [0, 0.1) is 17.8 Å². The number of ether oxygens (including phenoxy) is 1. The zero-order chi connectivity index (χ0) is 31.8. The minimum atomic E-state index is -0.579. The molecule has 1 saturated carbocycles. The Kier molecular flexibility index (Phi) is 11.9. The van der Waals surface area contributed by atoms with Crippen molar-refractivity contribution in [3.63, 3.8) is 0 Å². The number of nitrogens with zero attached hydrogens (tertiary/aromatic N) is 4. The van der Waals surface area contributed by atoms with E-state index in [0.717, 1.165) is 37.8 Å². The third kappa shape index (κ3) is 7.99. The van der Waals surface area contributed by atoms with Gasteiger partial charge in [-0.2, -0.15) is 0 Å². The van der Waals surface area contributed by atoms with Gasteiger partial charge in [0.15, 0.2) is 0 Å². The summed E-state index contributed by atoms with van der Waals surface area (Å²) in [5.41, 5.74) is 0.994. The zero-order valence-corrected chi connectivity index (χ0v) is 29.6. The van der Waals surface area contributed by atoms with Crippen LogP contribution in [0.2, 0.25) is 5.02 Å². The van der Waals surface area contributed by atoms with Gasteiger partial charge >= 0.3 is 0 Å². The summed E-state index contributed by atoms with van der Waals surface area (Å²) in [5, 5.41) is 0.674. The van der Waals surface area contributed by atoms with Crippen LogP contribution in [0.15, 0.2) is 24.3 Å². The summed E-state index contributed by atoms with van der Waals surface area (Å²) in [4.78, 5) is 51.1. The van der Waals surface area contributed by atoms with Crippen LogP contribution < -0.4 is 0 Å². The Morgan fingerprint density at radius 2 is 1.53 bits per heavy atom. The van der Waals surface area contributed by atoms with E-state index in [9.17, 15) is 14.4 Å². The lowest BCUT2D eigenvalue weighted by molar-refractivity contribution is -0.148. The molecule has 1 aliphatic carbocycles. The zero-order valence-electron chi connectivity index (χ0n) is 28.0. The first kappa shape index (κ1) is 36.0. The lowest BCUT2D eigenvalue weighted by Crippen LogP contribution is -2.53. The van der Waals surface area contributed by atoms with Gasteiger partial charge in [-0.1, -0.05) is 44.5 Å². The number of hydrogen-bond donors (Lipinski definition) is 0. The molecule has 0 radical (unpaired) electrons. The number of halogens is 2. The average molecular weight is 666 g/mol. The lowest BCUT2D eigenvalue weighted by Gasteiger charge is -2.41. The van der Waals surface area contributed by atoms with E-state index in [2.05, 4.69) is 37.5 Å². The molecule has 5 rings (SSSR count). The van der Waals surface area contributed by atoms with E-state index >= 15 is 0 Å². The highest BCUT2D eigenvalue weighted by molar-refractivity contribution is 6.30. The van der Waals surface area contributed by atoms with Crippen LogP contribution in [0.1, 0.15) is 85.1 Å². The number of carbonyl (C=O) groups is 3. The van der Waals surface area contributed by atoms with Crippen molar-refractivity contribution in [1.29, 1.82) is 0 Å². The lowest BCUT2D eigenvalue weighted by atomic mass is 9.85. The summed E-state index contributed by atoms with van der Waals surface area (Å²) in [6, 6.07) is 7.28. The highest BCUT2D eigenvalue weighted by Gasteiger charge is 2.51. The van der Waals surface area contributed by atoms with Crippen LogP contribution in [0.25, 0.3) is 0 Å². The second kappa shape index (κ2) is 14.9. The van der Waals surface area contributed by atoms with Crippen molar-refractivity contribution in [2.75, 3.05) is 45.9 Å². The van der Waals surface area contributed by atoms with Gasteiger partial charge in [-0.25, -0.2) is 0 Å². The standard InChI is InChI=1S/C35H53ClN4O4.ClH/c1-23(2)32(41)40(27-13-7-24(3)8-14-27)28-19-31(34(43)37-15-17-44-18-16-37)39(20-28)33(42)30-22-38(35(4,5)6)21-29(30)25-9-11-26(36)12-10-25;/h9-12,23-24,27-31H,7-8,13-22H2,1-6H3;1H/t24?,27?,28-,29+,30+,31-;/m1./s1. The molecule has 1 aromatic carbocycles. The Labute approximate surface area is 281 Å². The molecule has 3 saturated heterocycles. The average Bonchev–Trinajstić information content (AvgIpc) is 3.64. The summed E-state index contributed by atoms with van der Waals surface area (Å²) in [6.45, 7) is 16.7. The van der Waals surface area contributed by atoms with Gasteiger partial charge in [0.25, 0.3) is 0 Å². The molecule has 1 aromatic rings. The van der Waals surface area contributed by atoms with E-state index in [1.165, 1.54) is 0 Å². The topological polar surface area (TPSA) is 73.4 Å². The SMILES string of the molecule is CC1CCC(N(C(=O)C(C)C)[C@@H]2C[C@H](C(=O)N3CCOCC3)N(C(=O)[C@H]3CN(C(C)(C)C)C[C@H]3c3ccc(Cl)cc3)C2)CC1.Cl. The molecule has 0 bridgehead atoms. The number of rotatable bonds is 6. The minimum Gasteiger partial charge on any atom is -0.378 e. The third-order valence-corrected chi connectivity index (χ3v) is 10.8. The van der Waals surface area contributed by atoms with Crippen molar-refractivity contribution in [2.45, 2.75) is 103 Å². The predicted octanol–water partition coefficient (Wildman–Crippen LogP) is 5.47. The molecule has 0 spiro atoms. The van der Waals surface area contributed by atoms with E-state index in [0.29, 0.717) is 56.8 Å². The van der Waals surface area contributed by atoms with Crippen LogP contribution >= 0.6 is 24.0 Å². The smallest absolute Gasteiger partial charge is 0.245 e. The van der Waals surface area contributed by atoms with Gasteiger partial charge in [0.2, 0.25) is 17.7 Å². The maximum atomic E-state index is 14.8. The van der Waals surface area contributed by atoms with E-state index in [4.69, 9.17) is 16.3 Å². The minimum absolute atomic E-state index is 0. The van der Waals surface area contributed by atoms with E-state index < -0.39 is 6.04 Å². The molecule has 4 atom stereocenters. The van der Waals surface area contributed by atoms with Gasteiger partial charge in [0, 0.05) is 61.2 Å². The van der Waals surface area contributed by atoms with Crippen molar-refractivity contribution in [3.8, 4) is 0 Å². The van der Waals surface area contributed by atoms with Crippen LogP contribution in [-0.4, -0.2) is 107 Å². The molecule has 252 valence electrons. The molecule has 0 unspecified atom stereocenters. The number of hydrogen-bond acceptors (Lipinski definition) is 5. The fraction of sp³-hybridized carbons (Fsp3) is 0.743. The first-order valence-electron chi connectivity index (χ1n) is 16.8. The van der Waals surface area contributed by atoms with E-state index in [1.807, 2.05) is 47.9 Å². The molecule has 45 heavy (non-hydrogen) atoms. The molecule has 10 heteroatoms. The predicted molar refractivity (Wildman–Crippen MR) is 181 cm³/mol. The monoisotopic (exact) mass is 664 g/mol.